The fourth-order valence-electron chi connectivity index (χ4n) is 4.49. The van der Waals surface area contributed by atoms with Gasteiger partial charge in [-0.05, 0) is 43.9 Å². The molecule has 27 heavy (non-hydrogen) atoms. The van der Waals surface area contributed by atoms with E-state index in [0.717, 1.165) is 38.0 Å². The number of nitrogens with zero attached hydrogens (tertiary/aromatic N) is 2. The van der Waals surface area contributed by atoms with Gasteiger partial charge in [0, 0.05) is 51.1 Å². The number of piperidine rings is 1. The summed E-state index contributed by atoms with van der Waals surface area (Å²) in [5, 5.41) is 2.79. The molecule has 4 rings (SSSR count). The van der Waals surface area contributed by atoms with Crippen LogP contribution in [-0.2, 0) is 9.47 Å². The summed E-state index contributed by atoms with van der Waals surface area (Å²) < 4.78 is 11.8. The lowest BCUT2D eigenvalue weighted by Gasteiger charge is -2.48. The van der Waals surface area contributed by atoms with Crippen molar-refractivity contribution in [2.75, 3.05) is 44.8 Å². The smallest absolute Gasteiger partial charge is 0.321 e. The number of carbonyl (C=O) groups excluding carboxylic acids is 2. The number of likely N-dealkylation sites (tertiary alicyclic amines) is 1. The summed E-state index contributed by atoms with van der Waals surface area (Å²) in [4.78, 5) is 28.4. The number of nitrogens with one attached hydrogen (secondary N) is 1. The first-order valence-corrected chi connectivity index (χ1v) is 9.74. The molecule has 1 aromatic rings. The molecule has 146 valence electrons. The van der Waals surface area contributed by atoms with E-state index in [1.807, 2.05) is 29.2 Å². The fourth-order valence-corrected chi connectivity index (χ4v) is 4.49. The van der Waals surface area contributed by atoms with Crippen molar-refractivity contribution in [3.63, 3.8) is 0 Å². The number of methoxy groups -OCH3 is 1. The Bertz CT molecular complexity index is 715. The molecule has 1 spiro atoms. The number of ether oxygens (including phenoxy) is 2. The van der Waals surface area contributed by atoms with E-state index in [0.29, 0.717) is 31.7 Å². The Hall–Kier alpha value is -2.12. The molecule has 3 fully saturated rings. The first-order valence-electron chi connectivity index (χ1n) is 9.74. The van der Waals surface area contributed by atoms with Crippen molar-refractivity contribution in [2.45, 2.75) is 37.4 Å². The number of amides is 3. The summed E-state index contributed by atoms with van der Waals surface area (Å²) >= 11 is 0. The zero-order valence-electron chi connectivity index (χ0n) is 15.8. The molecule has 0 saturated carbocycles. The number of hydrogen-bond acceptors (Lipinski definition) is 4. The normalized spacial score (nSPS) is 24.9. The quantitative estimate of drug-likeness (QED) is 0.880. The van der Waals surface area contributed by atoms with E-state index >= 15 is 0 Å². The van der Waals surface area contributed by atoms with E-state index in [1.165, 1.54) is 0 Å². The molecule has 1 unspecified atom stereocenters. The van der Waals surface area contributed by atoms with Crippen LogP contribution in [0.25, 0.3) is 0 Å². The van der Waals surface area contributed by atoms with E-state index < -0.39 is 0 Å². The lowest BCUT2D eigenvalue weighted by atomic mass is 9.81. The summed E-state index contributed by atoms with van der Waals surface area (Å²) in [7, 11) is 1.75. The lowest BCUT2D eigenvalue weighted by Crippen LogP contribution is -2.56. The second kappa shape index (κ2) is 7.48. The van der Waals surface area contributed by atoms with Crippen LogP contribution < -0.4 is 10.2 Å². The van der Waals surface area contributed by atoms with Crippen molar-refractivity contribution in [3.05, 3.63) is 29.8 Å². The number of hydrogen-bond donors (Lipinski definition) is 1. The van der Waals surface area contributed by atoms with Gasteiger partial charge < -0.3 is 19.7 Å². The van der Waals surface area contributed by atoms with Crippen LogP contribution in [0.4, 0.5) is 10.5 Å². The molecule has 3 saturated heterocycles. The maximum atomic E-state index is 13.0. The van der Waals surface area contributed by atoms with Crippen LogP contribution in [0.5, 0.6) is 0 Å². The van der Waals surface area contributed by atoms with Crippen molar-refractivity contribution >= 4 is 17.6 Å². The fraction of sp³-hybridized carbons (Fsp3) is 0.600. The Labute approximate surface area is 159 Å². The van der Waals surface area contributed by atoms with Gasteiger partial charge in [0.05, 0.1) is 11.7 Å². The first-order chi connectivity index (χ1) is 13.1. The Kier molecular flexibility index (Phi) is 5.06. The van der Waals surface area contributed by atoms with Crippen molar-refractivity contribution in [2.24, 2.45) is 0 Å². The minimum atomic E-state index is -0.251. The zero-order chi connectivity index (χ0) is 18.9. The van der Waals surface area contributed by atoms with Crippen molar-refractivity contribution < 1.29 is 19.1 Å². The second-order valence-electron chi connectivity index (χ2n) is 7.51. The van der Waals surface area contributed by atoms with Crippen LogP contribution in [0.3, 0.4) is 0 Å². The highest BCUT2D eigenvalue weighted by atomic mass is 16.5. The Morgan fingerprint density at radius 3 is 2.81 bits per heavy atom. The molecule has 7 heteroatoms. The number of urea groups is 1. The van der Waals surface area contributed by atoms with Crippen LogP contribution in [-0.4, -0.2) is 68.4 Å². The van der Waals surface area contributed by atoms with Gasteiger partial charge in [-0.15, -0.1) is 0 Å². The number of carbonyl (C=O) groups is 2. The predicted molar refractivity (Wildman–Crippen MR) is 101 cm³/mol. The molecular formula is C20H27N3O4. The maximum absolute atomic E-state index is 13.0. The third-order valence-corrected chi connectivity index (χ3v) is 6.03. The van der Waals surface area contributed by atoms with Gasteiger partial charge in [0.1, 0.15) is 0 Å². The Morgan fingerprint density at radius 1 is 1.30 bits per heavy atom. The molecule has 3 aliphatic heterocycles. The van der Waals surface area contributed by atoms with Crippen LogP contribution in [0, 0.1) is 0 Å². The second-order valence-corrected chi connectivity index (χ2v) is 7.51. The number of rotatable bonds is 3. The molecule has 1 atom stereocenters. The van der Waals surface area contributed by atoms with Crippen LogP contribution >= 0.6 is 0 Å². The Morgan fingerprint density at radius 2 is 2.11 bits per heavy atom. The molecule has 1 aromatic carbocycles. The highest BCUT2D eigenvalue weighted by molar-refractivity contribution is 5.98. The van der Waals surface area contributed by atoms with Gasteiger partial charge in [0.25, 0.3) is 5.91 Å². The van der Waals surface area contributed by atoms with Crippen molar-refractivity contribution in [3.8, 4) is 0 Å². The molecule has 1 N–H and O–H groups in total. The van der Waals surface area contributed by atoms with Gasteiger partial charge in [-0.2, -0.15) is 0 Å². The summed E-state index contributed by atoms with van der Waals surface area (Å²) in [5.41, 5.74) is 1.13. The van der Waals surface area contributed by atoms with E-state index in [-0.39, 0.29) is 23.6 Å². The van der Waals surface area contributed by atoms with Crippen molar-refractivity contribution in [1.82, 2.24) is 10.2 Å². The molecule has 3 amide bonds. The average molecular weight is 373 g/mol. The summed E-state index contributed by atoms with van der Waals surface area (Å²) in [5.74, 6) is 0.0103. The minimum Gasteiger partial charge on any atom is -0.378 e. The van der Waals surface area contributed by atoms with Gasteiger partial charge in [-0.3, -0.25) is 9.69 Å². The van der Waals surface area contributed by atoms with E-state index in [2.05, 4.69) is 5.32 Å². The maximum Gasteiger partial charge on any atom is 0.321 e. The van der Waals surface area contributed by atoms with Crippen LogP contribution in [0.15, 0.2) is 24.3 Å². The van der Waals surface area contributed by atoms with Gasteiger partial charge >= 0.3 is 6.03 Å². The third kappa shape index (κ3) is 3.41. The highest BCUT2D eigenvalue weighted by Crippen LogP contribution is 2.37. The molecule has 3 heterocycles. The van der Waals surface area contributed by atoms with E-state index in [4.69, 9.17) is 9.47 Å². The number of benzene rings is 1. The Balaban J connectivity index is 1.44. The van der Waals surface area contributed by atoms with Crippen LogP contribution in [0.2, 0.25) is 0 Å². The third-order valence-electron chi connectivity index (χ3n) is 6.03. The first kappa shape index (κ1) is 18.3. The van der Waals surface area contributed by atoms with Crippen LogP contribution in [0.1, 0.15) is 36.0 Å². The average Bonchev–Trinajstić information content (AvgIpc) is 3.14. The molecule has 0 bridgehead atoms. The molecule has 0 aromatic heterocycles. The molecular weight excluding hydrogens is 346 g/mol. The minimum absolute atomic E-state index is 0.0103. The largest absolute Gasteiger partial charge is 0.378 e. The van der Waals surface area contributed by atoms with Gasteiger partial charge in [0.2, 0.25) is 0 Å². The highest BCUT2D eigenvalue weighted by Gasteiger charge is 2.45. The van der Waals surface area contributed by atoms with Gasteiger partial charge in [-0.1, -0.05) is 6.07 Å². The van der Waals surface area contributed by atoms with Crippen molar-refractivity contribution in [1.29, 1.82) is 0 Å². The van der Waals surface area contributed by atoms with Gasteiger partial charge in [-0.25, -0.2) is 4.79 Å². The SMILES string of the molecule is COC1CCCOC12CCN(C(=O)c1cccc(N3CCNC3=O)c1)CC2. The summed E-state index contributed by atoms with van der Waals surface area (Å²) in [6.07, 6.45) is 3.75. The van der Waals surface area contributed by atoms with Gasteiger partial charge in [0.15, 0.2) is 0 Å². The summed E-state index contributed by atoms with van der Waals surface area (Å²) in [6, 6.07) is 7.22. The van der Waals surface area contributed by atoms with E-state index in [1.54, 1.807) is 12.0 Å². The molecule has 7 nitrogen and oxygen atoms in total. The summed E-state index contributed by atoms with van der Waals surface area (Å²) in [6.45, 7) is 3.35. The standard InChI is InChI=1S/C20H27N3O4/c1-26-17-6-3-13-27-20(17)7-10-22(11-8-20)18(24)15-4-2-5-16(14-15)23-12-9-21-19(23)25/h2,4-5,14,17H,3,6-13H2,1H3,(H,21,25). The van der Waals surface area contributed by atoms with E-state index in [9.17, 15) is 9.59 Å². The predicted octanol–water partition coefficient (Wildman–Crippen LogP) is 2.02. The zero-order valence-corrected chi connectivity index (χ0v) is 15.8. The molecule has 0 aliphatic carbocycles. The lowest BCUT2D eigenvalue weighted by molar-refractivity contribution is -0.183. The topological polar surface area (TPSA) is 71.1 Å². The monoisotopic (exact) mass is 373 g/mol. The molecule has 0 radical (unpaired) electrons. The molecule has 3 aliphatic rings. The number of anilines is 1.